The zero-order chi connectivity index (χ0) is 23.9. The number of carbonyl (C=O) groups is 1. The Morgan fingerprint density at radius 3 is 2.56 bits per heavy atom. The number of hydrogen-bond acceptors (Lipinski definition) is 5. The molecule has 0 aliphatic carbocycles. The van der Waals surface area contributed by atoms with E-state index in [0.29, 0.717) is 52.0 Å². The molecule has 0 saturated carbocycles. The predicted molar refractivity (Wildman–Crippen MR) is 133 cm³/mol. The smallest absolute Gasteiger partial charge is 0.259 e. The first-order valence-corrected chi connectivity index (χ1v) is 11.3. The van der Waals surface area contributed by atoms with Crippen LogP contribution in [0, 0.1) is 0 Å². The van der Waals surface area contributed by atoms with Gasteiger partial charge in [0, 0.05) is 18.2 Å². The van der Waals surface area contributed by atoms with Crippen LogP contribution >= 0.6 is 11.6 Å². The Kier molecular flexibility index (Phi) is 7.44. The number of benzene rings is 3. The number of carbonyl (C=O) groups excluding carboxylic acids is 1. The summed E-state index contributed by atoms with van der Waals surface area (Å²) in [5, 5.41) is 3.64. The Balaban J connectivity index is 1.49. The second-order valence-electron chi connectivity index (χ2n) is 7.52. The van der Waals surface area contributed by atoms with Crippen LogP contribution in [0.25, 0.3) is 22.3 Å². The lowest BCUT2D eigenvalue weighted by Gasteiger charge is -2.15. The van der Waals surface area contributed by atoms with E-state index in [4.69, 9.17) is 21.1 Å². The van der Waals surface area contributed by atoms with Gasteiger partial charge in [0.1, 0.15) is 5.82 Å². The molecule has 2 N–H and O–H groups in total. The van der Waals surface area contributed by atoms with Crippen molar-refractivity contribution in [2.75, 3.05) is 19.8 Å². The summed E-state index contributed by atoms with van der Waals surface area (Å²) in [4.78, 5) is 32.0. The fourth-order valence-electron chi connectivity index (χ4n) is 3.50. The van der Waals surface area contributed by atoms with Crippen LogP contribution in [-0.4, -0.2) is 35.6 Å². The molecule has 1 amide bonds. The van der Waals surface area contributed by atoms with Gasteiger partial charge < -0.3 is 19.8 Å². The van der Waals surface area contributed by atoms with Crippen molar-refractivity contribution in [3.8, 4) is 22.9 Å². The van der Waals surface area contributed by atoms with Gasteiger partial charge >= 0.3 is 0 Å². The minimum Gasteiger partial charge on any atom is -0.490 e. The number of ether oxygens (including phenoxy) is 2. The Morgan fingerprint density at radius 1 is 1.03 bits per heavy atom. The van der Waals surface area contributed by atoms with E-state index in [0.717, 1.165) is 12.0 Å². The number of halogens is 1. The summed E-state index contributed by atoms with van der Waals surface area (Å²) in [6.07, 6.45) is 0.730. The second-order valence-corrected chi connectivity index (χ2v) is 7.92. The molecule has 7 nitrogen and oxygen atoms in total. The van der Waals surface area contributed by atoms with Gasteiger partial charge in [0.25, 0.3) is 11.5 Å². The molecular formula is C26H24ClN3O4. The van der Waals surface area contributed by atoms with Gasteiger partial charge in [0.05, 0.1) is 22.5 Å². The minimum atomic E-state index is -0.262. The van der Waals surface area contributed by atoms with Crippen LogP contribution in [0.1, 0.15) is 12.5 Å². The summed E-state index contributed by atoms with van der Waals surface area (Å²) in [5.41, 5.74) is 1.93. The Bertz CT molecular complexity index is 1360. The number of fused-ring (bicyclic) bond motifs is 1. The fraction of sp³-hybridized carbons (Fsp3) is 0.192. The van der Waals surface area contributed by atoms with Crippen molar-refractivity contribution in [1.29, 1.82) is 0 Å². The molecule has 0 bridgehead atoms. The van der Waals surface area contributed by atoms with E-state index >= 15 is 0 Å². The number of aromatic amines is 1. The van der Waals surface area contributed by atoms with E-state index in [1.165, 1.54) is 0 Å². The van der Waals surface area contributed by atoms with Gasteiger partial charge in [-0.15, -0.1) is 0 Å². The van der Waals surface area contributed by atoms with Gasteiger partial charge in [-0.1, -0.05) is 54.1 Å². The van der Waals surface area contributed by atoms with E-state index in [1.54, 1.807) is 30.3 Å². The van der Waals surface area contributed by atoms with Gasteiger partial charge in [-0.3, -0.25) is 9.59 Å². The van der Waals surface area contributed by atoms with E-state index in [-0.39, 0.29) is 18.1 Å². The number of aromatic nitrogens is 2. The highest BCUT2D eigenvalue weighted by molar-refractivity contribution is 6.33. The van der Waals surface area contributed by atoms with Crippen molar-refractivity contribution in [3.05, 3.63) is 87.7 Å². The van der Waals surface area contributed by atoms with Crippen molar-refractivity contribution < 1.29 is 14.3 Å². The van der Waals surface area contributed by atoms with Crippen LogP contribution < -0.4 is 20.3 Å². The van der Waals surface area contributed by atoms with Gasteiger partial charge in [0.2, 0.25) is 0 Å². The third kappa shape index (κ3) is 5.55. The van der Waals surface area contributed by atoms with E-state index in [1.807, 2.05) is 43.3 Å². The molecule has 0 radical (unpaired) electrons. The summed E-state index contributed by atoms with van der Waals surface area (Å²) in [7, 11) is 0. The van der Waals surface area contributed by atoms with E-state index < -0.39 is 0 Å². The van der Waals surface area contributed by atoms with Crippen LogP contribution in [0.15, 0.2) is 71.5 Å². The molecule has 0 unspecified atom stereocenters. The normalized spacial score (nSPS) is 10.8. The van der Waals surface area contributed by atoms with Crippen molar-refractivity contribution in [2.24, 2.45) is 0 Å². The molecule has 174 valence electrons. The Labute approximate surface area is 201 Å². The summed E-state index contributed by atoms with van der Waals surface area (Å²) in [6.45, 7) is 2.54. The third-order valence-corrected chi connectivity index (χ3v) is 5.45. The molecule has 1 aromatic heterocycles. The molecule has 3 aromatic carbocycles. The molecule has 0 atom stereocenters. The maximum absolute atomic E-state index is 12.5. The topological polar surface area (TPSA) is 93.3 Å². The number of rotatable bonds is 9. The second kappa shape index (κ2) is 10.9. The van der Waals surface area contributed by atoms with Crippen molar-refractivity contribution in [2.45, 2.75) is 13.3 Å². The zero-order valence-corrected chi connectivity index (χ0v) is 19.4. The van der Waals surface area contributed by atoms with Crippen LogP contribution in [0.5, 0.6) is 11.5 Å². The highest BCUT2D eigenvalue weighted by Crippen LogP contribution is 2.37. The number of nitrogens with zero attached hydrogens (tertiary/aromatic N) is 1. The van der Waals surface area contributed by atoms with Crippen LogP contribution in [0.2, 0.25) is 5.02 Å². The average molecular weight is 478 g/mol. The lowest BCUT2D eigenvalue weighted by molar-refractivity contribution is -0.123. The first-order valence-electron chi connectivity index (χ1n) is 10.9. The minimum absolute atomic E-state index is 0.185. The standard InChI is InChI=1S/C26H24ClN3O4/c1-2-33-22-14-19(25-29-21-11-7-6-10-18(21)26(32)30-25)20(27)15-23(22)34-16-24(31)28-13-12-17-8-4-3-5-9-17/h3-11,14-15H,2,12-13,16H2,1H3,(H,28,31)(H,29,30,32). The summed E-state index contributed by atoms with van der Waals surface area (Å²) in [6, 6.07) is 20.2. The van der Waals surface area contributed by atoms with Crippen molar-refractivity contribution in [1.82, 2.24) is 15.3 Å². The Hall–Kier alpha value is -3.84. The van der Waals surface area contributed by atoms with Crippen LogP contribution in [0.3, 0.4) is 0 Å². The number of hydrogen-bond donors (Lipinski definition) is 2. The highest BCUT2D eigenvalue weighted by Gasteiger charge is 2.16. The molecule has 1 heterocycles. The Morgan fingerprint density at radius 2 is 1.76 bits per heavy atom. The molecule has 0 aliphatic rings. The quantitative estimate of drug-likeness (QED) is 0.373. The number of H-pyrrole nitrogens is 1. The lowest BCUT2D eigenvalue weighted by atomic mass is 10.1. The molecular weight excluding hydrogens is 454 g/mol. The fourth-order valence-corrected chi connectivity index (χ4v) is 3.74. The summed E-state index contributed by atoms with van der Waals surface area (Å²) >= 11 is 6.51. The van der Waals surface area contributed by atoms with Gasteiger partial charge in [-0.25, -0.2) is 4.98 Å². The van der Waals surface area contributed by atoms with Crippen molar-refractivity contribution in [3.63, 3.8) is 0 Å². The molecule has 0 spiro atoms. The SMILES string of the molecule is CCOc1cc(-c2nc3ccccc3c(=O)[nH]2)c(Cl)cc1OCC(=O)NCCc1ccccc1. The van der Waals surface area contributed by atoms with Crippen molar-refractivity contribution >= 4 is 28.4 Å². The zero-order valence-electron chi connectivity index (χ0n) is 18.6. The third-order valence-electron chi connectivity index (χ3n) is 5.14. The highest BCUT2D eigenvalue weighted by atomic mass is 35.5. The average Bonchev–Trinajstić information content (AvgIpc) is 2.84. The largest absolute Gasteiger partial charge is 0.490 e. The predicted octanol–water partition coefficient (Wildman–Crippen LogP) is 4.38. The van der Waals surface area contributed by atoms with Crippen LogP contribution in [-0.2, 0) is 11.2 Å². The molecule has 4 rings (SSSR count). The number of amides is 1. The number of para-hydroxylation sites is 1. The molecule has 0 fully saturated rings. The first-order chi connectivity index (χ1) is 16.5. The molecule has 0 aliphatic heterocycles. The van der Waals surface area contributed by atoms with Crippen LogP contribution in [0.4, 0.5) is 0 Å². The lowest BCUT2D eigenvalue weighted by Crippen LogP contribution is -2.30. The first kappa shape index (κ1) is 23.3. The maximum atomic E-state index is 12.5. The summed E-state index contributed by atoms with van der Waals surface area (Å²) in [5.74, 6) is 0.797. The molecule has 4 aromatic rings. The number of nitrogens with one attached hydrogen (secondary N) is 2. The molecule has 8 heteroatoms. The molecule has 34 heavy (non-hydrogen) atoms. The maximum Gasteiger partial charge on any atom is 0.259 e. The van der Waals surface area contributed by atoms with Gasteiger partial charge in [-0.2, -0.15) is 0 Å². The van der Waals surface area contributed by atoms with E-state index in [2.05, 4.69) is 15.3 Å². The summed E-state index contributed by atoms with van der Waals surface area (Å²) < 4.78 is 11.4. The van der Waals surface area contributed by atoms with Gasteiger partial charge in [0.15, 0.2) is 18.1 Å². The molecule has 0 saturated heterocycles. The van der Waals surface area contributed by atoms with E-state index in [9.17, 15) is 9.59 Å². The van der Waals surface area contributed by atoms with Gasteiger partial charge in [-0.05, 0) is 37.1 Å². The monoisotopic (exact) mass is 477 g/mol.